The third kappa shape index (κ3) is 2.73. The Labute approximate surface area is 113 Å². The van der Waals surface area contributed by atoms with Gasteiger partial charge in [-0.15, -0.1) is 0 Å². The minimum Gasteiger partial charge on any atom is -0.271 e. The van der Waals surface area contributed by atoms with E-state index in [0.717, 1.165) is 24.3 Å². The molecule has 0 spiro atoms. The van der Waals surface area contributed by atoms with Crippen LogP contribution in [0.3, 0.4) is 0 Å². The Bertz CT molecular complexity index is 584. The lowest BCUT2D eigenvalue weighted by molar-refractivity contribution is 0.508. The van der Waals surface area contributed by atoms with Crippen LogP contribution in [0.25, 0.3) is 0 Å². The van der Waals surface area contributed by atoms with E-state index in [-0.39, 0.29) is 16.1 Å². The number of nitrogens with two attached hydrogens (primary N) is 1. The van der Waals surface area contributed by atoms with Gasteiger partial charge < -0.3 is 0 Å². The van der Waals surface area contributed by atoms with Crippen LogP contribution in [-0.4, -0.2) is 0 Å². The zero-order valence-corrected chi connectivity index (χ0v) is 10.4. The topological polar surface area (TPSA) is 38.0 Å². The second kappa shape index (κ2) is 5.61. The molecule has 0 aliphatic heterocycles. The molecule has 0 aliphatic carbocycles. The van der Waals surface area contributed by atoms with Crippen LogP contribution in [0.15, 0.2) is 36.4 Å². The van der Waals surface area contributed by atoms with Crippen molar-refractivity contribution in [3.8, 4) is 0 Å². The second-order valence-electron chi connectivity index (χ2n) is 3.90. The number of benzene rings is 2. The molecule has 3 N–H and O–H groups in total. The minimum atomic E-state index is -1.08. The Hall–Kier alpha value is -1.56. The highest BCUT2D eigenvalue weighted by Gasteiger charge is 2.23. The molecule has 2 nitrogen and oxygen atoms in total. The summed E-state index contributed by atoms with van der Waals surface area (Å²) in [7, 11) is 0. The van der Waals surface area contributed by atoms with Crippen molar-refractivity contribution in [2.24, 2.45) is 5.84 Å². The molecule has 1 unspecified atom stereocenters. The van der Waals surface area contributed by atoms with Gasteiger partial charge in [0, 0.05) is 10.6 Å². The van der Waals surface area contributed by atoms with Gasteiger partial charge in [-0.1, -0.05) is 17.7 Å². The van der Waals surface area contributed by atoms with E-state index in [2.05, 4.69) is 5.43 Å². The summed E-state index contributed by atoms with van der Waals surface area (Å²) < 4.78 is 40.7. The summed E-state index contributed by atoms with van der Waals surface area (Å²) in [5.41, 5.74) is 2.11. The Morgan fingerprint density at radius 3 is 2.26 bits per heavy atom. The van der Waals surface area contributed by atoms with Gasteiger partial charge in [0.2, 0.25) is 0 Å². The van der Waals surface area contributed by atoms with Gasteiger partial charge in [-0.05, 0) is 35.9 Å². The molecule has 0 aliphatic rings. The summed E-state index contributed by atoms with van der Waals surface area (Å²) in [4.78, 5) is 0. The maximum absolute atomic E-state index is 13.7. The van der Waals surface area contributed by atoms with Crippen LogP contribution in [0, 0.1) is 17.5 Å². The molecule has 100 valence electrons. The van der Waals surface area contributed by atoms with Crippen LogP contribution < -0.4 is 11.3 Å². The lowest BCUT2D eigenvalue weighted by Crippen LogP contribution is -2.30. The number of halogens is 4. The normalized spacial score (nSPS) is 12.5. The third-order valence-electron chi connectivity index (χ3n) is 2.72. The quantitative estimate of drug-likeness (QED) is 0.671. The summed E-state index contributed by atoms with van der Waals surface area (Å²) in [5.74, 6) is 3.18. The van der Waals surface area contributed by atoms with E-state index < -0.39 is 23.5 Å². The first-order chi connectivity index (χ1) is 9.04. The van der Waals surface area contributed by atoms with Crippen LogP contribution in [0.1, 0.15) is 17.2 Å². The Balaban J connectivity index is 2.59. The molecule has 6 heteroatoms. The van der Waals surface area contributed by atoms with E-state index >= 15 is 0 Å². The van der Waals surface area contributed by atoms with Crippen molar-refractivity contribution < 1.29 is 13.2 Å². The van der Waals surface area contributed by atoms with Gasteiger partial charge in [0.05, 0.1) is 6.04 Å². The number of nitrogens with one attached hydrogen (secondary N) is 1. The van der Waals surface area contributed by atoms with Gasteiger partial charge >= 0.3 is 0 Å². The molecule has 0 amide bonds. The smallest absolute Gasteiger partial charge is 0.131 e. The highest BCUT2D eigenvalue weighted by molar-refractivity contribution is 6.31. The van der Waals surface area contributed by atoms with E-state index in [1.165, 1.54) is 12.1 Å². The summed E-state index contributed by atoms with van der Waals surface area (Å²) >= 11 is 5.92. The van der Waals surface area contributed by atoms with Gasteiger partial charge in [-0.2, -0.15) is 0 Å². The molecule has 0 saturated carbocycles. The first-order valence-corrected chi connectivity index (χ1v) is 5.77. The monoisotopic (exact) mass is 286 g/mol. The lowest BCUT2D eigenvalue weighted by Gasteiger charge is -2.19. The average molecular weight is 287 g/mol. The highest BCUT2D eigenvalue weighted by atomic mass is 35.5. The van der Waals surface area contributed by atoms with Crippen LogP contribution in [0.5, 0.6) is 0 Å². The van der Waals surface area contributed by atoms with Crippen LogP contribution in [0.2, 0.25) is 5.02 Å². The molecular weight excluding hydrogens is 277 g/mol. The third-order valence-corrected chi connectivity index (χ3v) is 3.07. The molecular formula is C13H10ClF3N2. The van der Waals surface area contributed by atoms with Crippen LogP contribution >= 0.6 is 11.6 Å². The molecule has 19 heavy (non-hydrogen) atoms. The van der Waals surface area contributed by atoms with Gasteiger partial charge in [0.1, 0.15) is 17.5 Å². The molecule has 0 aromatic heterocycles. The molecule has 0 saturated heterocycles. The molecule has 0 heterocycles. The predicted molar refractivity (Wildman–Crippen MR) is 66.9 cm³/mol. The van der Waals surface area contributed by atoms with Crippen LogP contribution in [0.4, 0.5) is 13.2 Å². The molecule has 2 aromatic carbocycles. The van der Waals surface area contributed by atoms with Gasteiger partial charge in [-0.25, -0.2) is 18.6 Å². The van der Waals surface area contributed by atoms with Crippen molar-refractivity contribution in [3.63, 3.8) is 0 Å². The van der Waals surface area contributed by atoms with E-state index in [1.54, 1.807) is 0 Å². The number of rotatable bonds is 3. The maximum atomic E-state index is 13.7. The molecule has 1 atom stereocenters. The highest BCUT2D eigenvalue weighted by Crippen LogP contribution is 2.31. The van der Waals surface area contributed by atoms with Crippen molar-refractivity contribution in [2.45, 2.75) is 6.04 Å². The summed E-state index contributed by atoms with van der Waals surface area (Å²) in [6.45, 7) is 0. The maximum Gasteiger partial charge on any atom is 0.131 e. The Morgan fingerprint density at radius 1 is 1.05 bits per heavy atom. The van der Waals surface area contributed by atoms with Gasteiger partial charge in [-0.3, -0.25) is 5.84 Å². The van der Waals surface area contributed by atoms with E-state index in [9.17, 15) is 13.2 Å². The van der Waals surface area contributed by atoms with Gasteiger partial charge in [0.15, 0.2) is 0 Å². The average Bonchev–Trinajstić information content (AvgIpc) is 2.37. The summed E-state index contributed by atoms with van der Waals surface area (Å²) in [6.07, 6.45) is 0. The van der Waals surface area contributed by atoms with Gasteiger partial charge in [0.25, 0.3) is 0 Å². The molecule has 0 fully saturated rings. The lowest BCUT2D eigenvalue weighted by atomic mass is 9.98. The Kier molecular flexibility index (Phi) is 4.09. The fourth-order valence-electron chi connectivity index (χ4n) is 1.85. The zero-order valence-electron chi connectivity index (χ0n) is 9.63. The van der Waals surface area contributed by atoms with Crippen LogP contribution in [-0.2, 0) is 0 Å². The van der Waals surface area contributed by atoms with Crippen molar-refractivity contribution in [1.82, 2.24) is 5.43 Å². The number of hydrogen-bond acceptors (Lipinski definition) is 2. The first kappa shape index (κ1) is 13.9. The van der Waals surface area contributed by atoms with Crippen molar-refractivity contribution >= 4 is 11.6 Å². The molecule has 2 rings (SSSR count). The summed E-state index contributed by atoms with van der Waals surface area (Å²) in [6, 6.07) is 5.87. The second-order valence-corrected chi connectivity index (χ2v) is 4.31. The van der Waals surface area contributed by atoms with Crippen molar-refractivity contribution in [1.29, 1.82) is 0 Å². The number of hydrogen-bond donors (Lipinski definition) is 2. The SMILES string of the molecule is NNC(c1cc(F)ccc1Cl)c1c(F)cccc1F. The molecule has 2 aromatic rings. The van der Waals surface area contributed by atoms with E-state index in [1.807, 2.05) is 0 Å². The zero-order chi connectivity index (χ0) is 14.0. The predicted octanol–water partition coefficient (Wildman–Crippen LogP) is 3.31. The minimum absolute atomic E-state index is 0.159. The molecule has 0 radical (unpaired) electrons. The number of hydrazine groups is 1. The van der Waals surface area contributed by atoms with Crippen molar-refractivity contribution in [3.05, 3.63) is 70.0 Å². The van der Waals surface area contributed by atoms with Crippen molar-refractivity contribution in [2.75, 3.05) is 0 Å². The molecule has 0 bridgehead atoms. The fraction of sp³-hybridized carbons (Fsp3) is 0.0769. The summed E-state index contributed by atoms with van der Waals surface area (Å²) in [5, 5.41) is 0.159. The van der Waals surface area contributed by atoms with E-state index in [0.29, 0.717) is 0 Å². The largest absolute Gasteiger partial charge is 0.271 e. The Morgan fingerprint density at radius 2 is 1.68 bits per heavy atom. The fourth-order valence-corrected chi connectivity index (χ4v) is 2.08. The first-order valence-electron chi connectivity index (χ1n) is 5.39. The van der Waals surface area contributed by atoms with E-state index in [4.69, 9.17) is 17.4 Å². The standard InChI is InChI=1S/C13H10ClF3N2/c14-9-5-4-7(15)6-8(9)13(19-18)12-10(16)2-1-3-11(12)17/h1-6,13,19H,18H2.